The number of aryl methyl sites for hydroxylation is 1. The Bertz CT molecular complexity index is 526. The summed E-state index contributed by atoms with van der Waals surface area (Å²) in [5, 5.41) is 5.96. The molecule has 0 saturated carbocycles. The first kappa shape index (κ1) is 13.8. The van der Waals surface area contributed by atoms with Gasteiger partial charge in [-0.05, 0) is 44.4 Å². The Hall–Kier alpha value is -1.17. The van der Waals surface area contributed by atoms with E-state index in [0.29, 0.717) is 6.04 Å². The van der Waals surface area contributed by atoms with Crippen LogP contribution in [0.3, 0.4) is 0 Å². The Kier molecular flexibility index (Phi) is 4.19. The van der Waals surface area contributed by atoms with Crippen molar-refractivity contribution in [1.29, 1.82) is 0 Å². The monoisotopic (exact) mass is 290 g/mol. The molecule has 1 aliphatic rings. The van der Waals surface area contributed by atoms with Crippen LogP contribution in [0.2, 0.25) is 0 Å². The van der Waals surface area contributed by atoms with Gasteiger partial charge >= 0.3 is 0 Å². The molecule has 0 spiro atoms. The lowest BCUT2D eigenvalue weighted by Crippen LogP contribution is -2.42. The lowest BCUT2D eigenvalue weighted by molar-refractivity contribution is 0.228. The van der Waals surface area contributed by atoms with Crippen molar-refractivity contribution in [3.8, 4) is 0 Å². The maximum Gasteiger partial charge on any atom is 0.131 e. The fourth-order valence-electron chi connectivity index (χ4n) is 2.81. The molecule has 1 aliphatic heterocycles. The molecule has 5 heteroatoms. The van der Waals surface area contributed by atoms with Crippen molar-refractivity contribution in [3.05, 3.63) is 40.6 Å². The third kappa shape index (κ3) is 2.95. The van der Waals surface area contributed by atoms with Crippen LogP contribution in [0.25, 0.3) is 0 Å². The molecule has 2 aromatic rings. The lowest BCUT2D eigenvalue weighted by Gasteiger charge is -2.32. The molecular formula is C15H22N4S. The molecule has 1 unspecified atom stereocenters. The van der Waals surface area contributed by atoms with Crippen molar-refractivity contribution < 1.29 is 0 Å². The zero-order chi connectivity index (χ0) is 13.9. The fraction of sp³-hybridized carbons (Fsp3) is 0.533. The largest absolute Gasteiger partial charge is 0.336 e. The molecule has 1 fully saturated rings. The summed E-state index contributed by atoms with van der Waals surface area (Å²) in [7, 11) is 4.27. The van der Waals surface area contributed by atoms with Crippen LogP contribution < -0.4 is 5.32 Å². The van der Waals surface area contributed by atoms with Crippen LogP contribution in [0.15, 0.2) is 29.9 Å². The van der Waals surface area contributed by atoms with Crippen LogP contribution in [0, 0.1) is 0 Å². The first-order valence-corrected chi connectivity index (χ1v) is 8.07. The van der Waals surface area contributed by atoms with Crippen molar-refractivity contribution in [3.63, 3.8) is 0 Å². The summed E-state index contributed by atoms with van der Waals surface area (Å²) in [4.78, 5) is 8.30. The summed E-state index contributed by atoms with van der Waals surface area (Å²) < 4.78 is 2.12. The first-order valence-electron chi connectivity index (χ1n) is 7.19. The first-order chi connectivity index (χ1) is 9.74. The van der Waals surface area contributed by atoms with Gasteiger partial charge in [0.05, 0.1) is 0 Å². The summed E-state index contributed by atoms with van der Waals surface area (Å²) in [5.41, 5.74) is 0. The van der Waals surface area contributed by atoms with Gasteiger partial charge in [-0.15, -0.1) is 11.3 Å². The Morgan fingerprint density at radius 2 is 2.15 bits per heavy atom. The van der Waals surface area contributed by atoms with E-state index in [1.807, 2.05) is 12.4 Å². The highest BCUT2D eigenvalue weighted by Crippen LogP contribution is 2.26. The minimum atomic E-state index is 0.211. The number of thiophene rings is 1. The SMILES string of the molecule is CN1CCC(NC(c2cccs2)c2nccn2C)CC1. The van der Waals surface area contributed by atoms with Crippen molar-refractivity contribution in [2.24, 2.45) is 7.05 Å². The third-order valence-electron chi connectivity index (χ3n) is 4.07. The summed E-state index contributed by atoms with van der Waals surface area (Å²) in [6.07, 6.45) is 6.32. The van der Waals surface area contributed by atoms with Crippen molar-refractivity contribution in [2.45, 2.75) is 24.9 Å². The summed E-state index contributed by atoms with van der Waals surface area (Å²) in [5.74, 6) is 1.10. The molecule has 4 nitrogen and oxygen atoms in total. The maximum absolute atomic E-state index is 4.55. The van der Waals surface area contributed by atoms with E-state index in [1.54, 1.807) is 11.3 Å². The molecule has 1 atom stereocenters. The van der Waals surface area contributed by atoms with Crippen molar-refractivity contribution in [1.82, 2.24) is 19.8 Å². The van der Waals surface area contributed by atoms with Gasteiger partial charge in [0, 0.05) is 30.4 Å². The van der Waals surface area contributed by atoms with Gasteiger partial charge in [-0.1, -0.05) is 6.07 Å². The average molecular weight is 290 g/mol. The van der Waals surface area contributed by atoms with Gasteiger partial charge in [0.15, 0.2) is 0 Å². The topological polar surface area (TPSA) is 33.1 Å². The Balaban J connectivity index is 1.78. The number of likely N-dealkylation sites (tertiary alicyclic amines) is 1. The van der Waals surface area contributed by atoms with Crippen LogP contribution in [-0.4, -0.2) is 40.6 Å². The molecular weight excluding hydrogens is 268 g/mol. The number of nitrogens with one attached hydrogen (secondary N) is 1. The highest BCUT2D eigenvalue weighted by atomic mass is 32.1. The van der Waals surface area contributed by atoms with Crippen LogP contribution in [0.1, 0.15) is 29.6 Å². The minimum absolute atomic E-state index is 0.211. The Morgan fingerprint density at radius 1 is 1.35 bits per heavy atom. The van der Waals surface area contributed by atoms with Gasteiger partial charge in [0.1, 0.15) is 11.9 Å². The zero-order valence-electron chi connectivity index (χ0n) is 12.1. The number of imidazole rings is 1. The lowest BCUT2D eigenvalue weighted by atomic mass is 10.0. The molecule has 0 aromatic carbocycles. The van der Waals surface area contributed by atoms with Gasteiger partial charge in [-0.2, -0.15) is 0 Å². The standard InChI is InChI=1S/C15H22N4S/c1-18-8-5-12(6-9-18)17-14(13-4-3-11-20-13)15-16-7-10-19(15)2/h3-4,7,10-12,14,17H,5-6,8-9H2,1-2H3. The summed E-state index contributed by atoms with van der Waals surface area (Å²) in [6.45, 7) is 2.35. The van der Waals surface area contributed by atoms with Gasteiger partial charge in [0.25, 0.3) is 0 Å². The number of aromatic nitrogens is 2. The van der Waals surface area contributed by atoms with E-state index in [0.717, 1.165) is 5.82 Å². The second kappa shape index (κ2) is 6.08. The average Bonchev–Trinajstić information content (AvgIpc) is 3.10. The normalized spacial score (nSPS) is 19.3. The van der Waals surface area contributed by atoms with E-state index >= 15 is 0 Å². The fourth-order valence-corrected chi connectivity index (χ4v) is 3.59. The molecule has 108 valence electrons. The van der Waals surface area contributed by atoms with Gasteiger partial charge in [-0.3, -0.25) is 0 Å². The molecule has 20 heavy (non-hydrogen) atoms. The molecule has 0 aliphatic carbocycles. The molecule has 3 rings (SSSR count). The van der Waals surface area contributed by atoms with Gasteiger partial charge in [-0.25, -0.2) is 4.98 Å². The van der Waals surface area contributed by atoms with E-state index < -0.39 is 0 Å². The third-order valence-corrected chi connectivity index (χ3v) is 5.00. The second-order valence-corrected chi connectivity index (χ2v) is 6.57. The second-order valence-electron chi connectivity index (χ2n) is 5.59. The molecule has 3 heterocycles. The molecule has 0 amide bonds. The smallest absolute Gasteiger partial charge is 0.131 e. The highest BCUT2D eigenvalue weighted by Gasteiger charge is 2.24. The Labute approximate surface area is 124 Å². The molecule has 1 saturated heterocycles. The highest BCUT2D eigenvalue weighted by molar-refractivity contribution is 7.10. The van der Waals surface area contributed by atoms with E-state index in [2.05, 4.69) is 51.4 Å². The number of hydrogen-bond acceptors (Lipinski definition) is 4. The predicted octanol–water partition coefficient (Wildman–Crippen LogP) is 2.25. The van der Waals surface area contributed by atoms with Crippen LogP contribution in [0.4, 0.5) is 0 Å². The minimum Gasteiger partial charge on any atom is -0.336 e. The van der Waals surface area contributed by atoms with Gasteiger partial charge in [0.2, 0.25) is 0 Å². The van der Waals surface area contributed by atoms with Gasteiger partial charge < -0.3 is 14.8 Å². The zero-order valence-corrected chi connectivity index (χ0v) is 12.9. The number of hydrogen-bond donors (Lipinski definition) is 1. The van der Waals surface area contributed by atoms with Crippen LogP contribution >= 0.6 is 11.3 Å². The summed E-state index contributed by atoms with van der Waals surface area (Å²) >= 11 is 1.80. The molecule has 0 bridgehead atoms. The van der Waals surface area contributed by atoms with E-state index in [4.69, 9.17) is 0 Å². The summed E-state index contributed by atoms with van der Waals surface area (Å²) in [6, 6.07) is 5.11. The van der Waals surface area contributed by atoms with E-state index in [1.165, 1.54) is 30.8 Å². The van der Waals surface area contributed by atoms with Crippen molar-refractivity contribution >= 4 is 11.3 Å². The molecule has 1 N–H and O–H groups in total. The number of rotatable bonds is 4. The van der Waals surface area contributed by atoms with Crippen molar-refractivity contribution in [2.75, 3.05) is 20.1 Å². The molecule has 0 radical (unpaired) electrons. The number of nitrogens with zero attached hydrogens (tertiary/aromatic N) is 3. The quantitative estimate of drug-likeness (QED) is 0.937. The Morgan fingerprint density at radius 3 is 2.75 bits per heavy atom. The van der Waals surface area contributed by atoms with E-state index in [-0.39, 0.29) is 6.04 Å². The molecule has 2 aromatic heterocycles. The van der Waals surface area contributed by atoms with Crippen LogP contribution in [-0.2, 0) is 7.05 Å². The van der Waals surface area contributed by atoms with E-state index in [9.17, 15) is 0 Å². The predicted molar refractivity (Wildman–Crippen MR) is 83.0 cm³/mol. The number of piperidine rings is 1. The van der Waals surface area contributed by atoms with Crippen LogP contribution in [0.5, 0.6) is 0 Å². The maximum atomic E-state index is 4.55.